The lowest BCUT2D eigenvalue weighted by Gasteiger charge is -2.27. The van der Waals surface area contributed by atoms with Crippen LogP contribution in [0.25, 0.3) is 0 Å². The van der Waals surface area contributed by atoms with Gasteiger partial charge in [-0.2, -0.15) is 0 Å². The van der Waals surface area contributed by atoms with Crippen LogP contribution >= 0.6 is 15.9 Å². The van der Waals surface area contributed by atoms with Gasteiger partial charge in [-0.05, 0) is 12.5 Å². The van der Waals surface area contributed by atoms with E-state index in [0.29, 0.717) is 5.41 Å². The van der Waals surface area contributed by atoms with Crippen LogP contribution in [-0.2, 0) is 0 Å². The number of halogens is 1. The Labute approximate surface area is 77.7 Å². The topological polar surface area (TPSA) is 23.5 Å². The number of alkyl halides is 1. The third-order valence-corrected chi connectivity index (χ3v) is 3.06. The van der Waals surface area contributed by atoms with Crippen LogP contribution in [0.2, 0.25) is 0 Å². The normalized spacial score (nSPS) is 12.5. The van der Waals surface area contributed by atoms with Crippen LogP contribution in [0.1, 0.15) is 13.8 Å². The summed E-state index contributed by atoms with van der Waals surface area (Å²) in [5.74, 6) is 0. The Morgan fingerprint density at radius 1 is 1.45 bits per heavy atom. The molecule has 0 radical (unpaired) electrons. The first-order chi connectivity index (χ1) is 5.02. The van der Waals surface area contributed by atoms with E-state index in [0.717, 1.165) is 18.4 Å². The molecule has 3 heteroatoms. The van der Waals surface area contributed by atoms with Gasteiger partial charge in [0.25, 0.3) is 0 Å². The van der Waals surface area contributed by atoms with Crippen molar-refractivity contribution in [2.45, 2.75) is 13.8 Å². The molecule has 0 aliphatic heterocycles. The van der Waals surface area contributed by atoms with Crippen molar-refractivity contribution in [1.29, 1.82) is 0 Å². The predicted octanol–water partition coefficient (Wildman–Crippen LogP) is 1.33. The number of aliphatic hydroxyl groups is 1. The molecule has 0 amide bonds. The summed E-state index contributed by atoms with van der Waals surface area (Å²) in [4.78, 5) is 2.14. The molecule has 0 bridgehead atoms. The summed E-state index contributed by atoms with van der Waals surface area (Å²) >= 11 is 3.46. The van der Waals surface area contributed by atoms with Gasteiger partial charge in [0, 0.05) is 18.4 Å². The summed E-state index contributed by atoms with van der Waals surface area (Å²) in [5.41, 5.74) is 0.296. The monoisotopic (exact) mass is 223 g/mol. The highest BCUT2D eigenvalue weighted by atomic mass is 79.9. The summed E-state index contributed by atoms with van der Waals surface area (Å²) < 4.78 is 0. The van der Waals surface area contributed by atoms with Crippen LogP contribution in [0.15, 0.2) is 0 Å². The van der Waals surface area contributed by atoms with E-state index in [-0.39, 0.29) is 6.61 Å². The largest absolute Gasteiger partial charge is 0.395 e. The minimum atomic E-state index is 0.245. The van der Waals surface area contributed by atoms with E-state index >= 15 is 0 Å². The van der Waals surface area contributed by atoms with E-state index < -0.39 is 0 Å². The number of nitrogens with zero attached hydrogens (tertiary/aromatic N) is 1. The Morgan fingerprint density at radius 3 is 2.36 bits per heavy atom. The first-order valence-corrected chi connectivity index (χ1v) is 4.99. The fourth-order valence-electron chi connectivity index (χ4n) is 1.02. The lowest BCUT2D eigenvalue weighted by molar-refractivity contribution is 0.181. The second kappa shape index (κ2) is 5.12. The van der Waals surface area contributed by atoms with Gasteiger partial charge < -0.3 is 10.0 Å². The van der Waals surface area contributed by atoms with Crippen molar-refractivity contribution in [3.05, 3.63) is 0 Å². The predicted molar refractivity (Wildman–Crippen MR) is 52.2 cm³/mol. The molecule has 0 heterocycles. The number of likely N-dealkylation sites (N-methyl/N-ethyl adjacent to an activating group) is 1. The third kappa shape index (κ3) is 5.65. The van der Waals surface area contributed by atoms with Crippen molar-refractivity contribution in [2.24, 2.45) is 5.41 Å². The Bertz CT molecular complexity index is 106. The molecular formula is C8H18BrNO. The quantitative estimate of drug-likeness (QED) is 0.712. The van der Waals surface area contributed by atoms with Crippen molar-refractivity contribution in [3.8, 4) is 0 Å². The van der Waals surface area contributed by atoms with Crippen LogP contribution in [0.5, 0.6) is 0 Å². The van der Waals surface area contributed by atoms with Gasteiger partial charge in [0.15, 0.2) is 0 Å². The van der Waals surface area contributed by atoms with Gasteiger partial charge in [-0.3, -0.25) is 0 Å². The Kier molecular flexibility index (Phi) is 5.30. The molecule has 2 nitrogen and oxygen atoms in total. The highest BCUT2D eigenvalue weighted by Gasteiger charge is 2.17. The first kappa shape index (κ1) is 11.4. The molecule has 0 aliphatic carbocycles. The summed E-state index contributed by atoms with van der Waals surface area (Å²) in [6, 6.07) is 0. The molecule has 11 heavy (non-hydrogen) atoms. The molecule has 0 aromatic heterocycles. The molecule has 1 N–H and O–H groups in total. The Hall–Kier alpha value is 0.400. The van der Waals surface area contributed by atoms with Crippen LogP contribution in [0, 0.1) is 5.41 Å². The molecule has 0 saturated carbocycles. The molecule has 0 aliphatic rings. The molecular weight excluding hydrogens is 206 g/mol. The van der Waals surface area contributed by atoms with Crippen molar-refractivity contribution >= 4 is 15.9 Å². The highest BCUT2D eigenvalue weighted by molar-refractivity contribution is 9.09. The van der Waals surface area contributed by atoms with E-state index in [4.69, 9.17) is 5.11 Å². The summed E-state index contributed by atoms with van der Waals surface area (Å²) in [7, 11) is 2.03. The van der Waals surface area contributed by atoms with Gasteiger partial charge >= 0.3 is 0 Å². The minimum Gasteiger partial charge on any atom is -0.395 e. The van der Waals surface area contributed by atoms with Gasteiger partial charge in [0.1, 0.15) is 0 Å². The fourth-order valence-corrected chi connectivity index (χ4v) is 1.20. The number of hydrogen-bond acceptors (Lipinski definition) is 2. The summed E-state index contributed by atoms with van der Waals surface area (Å²) in [6.07, 6.45) is 0. The van der Waals surface area contributed by atoms with Crippen molar-refractivity contribution in [2.75, 3.05) is 32.1 Å². The second-order valence-electron chi connectivity index (χ2n) is 3.76. The zero-order chi connectivity index (χ0) is 8.91. The lowest BCUT2D eigenvalue weighted by Crippen LogP contribution is -2.34. The standard InChI is InChI=1S/C8H18BrNO/c1-8(2,6-9)7-10(3)4-5-11/h11H,4-7H2,1-3H3. The number of hydrogen-bond donors (Lipinski definition) is 1. The molecule has 0 atom stereocenters. The highest BCUT2D eigenvalue weighted by Crippen LogP contribution is 2.18. The second-order valence-corrected chi connectivity index (χ2v) is 4.32. The SMILES string of the molecule is CN(CCO)CC(C)(C)CBr. The molecule has 0 unspecified atom stereocenters. The van der Waals surface area contributed by atoms with Crippen molar-refractivity contribution in [1.82, 2.24) is 4.90 Å². The van der Waals surface area contributed by atoms with Gasteiger partial charge in [0.2, 0.25) is 0 Å². The lowest BCUT2D eigenvalue weighted by atomic mass is 9.96. The number of rotatable bonds is 5. The van der Waals surface area contributed by atoms with Gasteiger partial charge in [-0.25, -0.2) is 0 Å². The van der Waals surface area contributed by atoms with E-state index in [1.165, 1.54) is 0 Å². The molecule has 0 saturated heterocycles. The van der Waals surface area contributed by atoms with E-state index in [2.05, 4.69) is 34.7 Å². The smallest absolute Gasteiger partial charge is 0.0558 e. The average molecular weight is 224 g/mol. The Morgan fingerprint density at radius 2 is 2.00 bits per heavy atom. The molecule has 0 fully saturated rings. The first-order valence-electron chi connectivity index (χ1n) is 3.87. The third-order valence-electron chi connectivity index (χ3n) is 1.54. The van der Waals surface area contributed by atoms with E-state index in [1.807, 2.05) is 7.05 Å². The molecule has 68 valence electrons. The Balaban J connectivity index is 3.64. The molecule has 0 rings (SSSR count). The maximum Gasteiger partial charge on any atom is 0.0558 e. The van der Waals surface area contributed by atoms with Gasteiger partial charge in [-0.15, -0.1) is 0 Å². The number of aliphatic hydroxyl groups excluding tert-OH is 1. The average Bonchev–Trinajstić information content (AvgIpc) is 1.87. The van der Waals surface area contributed by atoms with Crippen LogP contribution in [0.3, 0.4) is 0 Å². The van der Waals surface area contributed by atoms with Crippen molar-refractivity contribution in [3.63, 3.8) is 0 Å². The minimum absolute atomic E-state index is 0.245. The summed E-state index contributed by atoms with van der Waals surface area (Å²) in [6.45, 7) is 6.43. The van der Waals surface area contributed by atoms with Crippen LogP contribution in [0.4, 0.5) is 0 Å². The fraction of sp³-hybridized carbons (Fsp3) is 1.00. The molecule has 0 aromatic rings. The van der Waals surface area contributed by atoms with Crippen molar-refractivity contribution < 1.29 is 5.11 Å². The zero-order valence-electron chi connectivity index (χ0n) is 7.60. The van der Waals surface area contributed by atoms with Gasteiger partial charge in [0.05, 0.1) is 6.61 Å². The molecule has 0 aromatic carbocycles. The van der Waals surface area contributed by atoms with Crippen LogP contribution in [-0.4, -0.2) is 42.1 Å². The van der Waals surface area contributed by atoms with E-state index in [9.17, 15) is 0 Å². The zero-order valence-corrected chi connectivity index (χ0v) is 9.19. The summed E-state index contributed by atoms with van der Waals surface area (Å²) in [5, 5.41) is 9.65. The maximum atomic E-state index is 8.65. The molecule has 0 spiro atoms. The van der Waals surface area contributed by atoms with E-state index in [1.54, 1.807) is 0 Å². The maximum absolute atomic E-state index is 8.65. The van der Waals surface area contributed by atoms with Gasteiger partial charge in [-0.1, -0.05) is 29.8 Å². The van der Waals surface area contributed by atoms with Crippen LogP contribution < -0.4 is 0 Å².